The van der Waals surface area contributed by atoms with Gasteiger partial charge in [-0.25, -0.2) is 8.42 Å². The molecule has 1 aromatic carbocycles. The highest BCUT2D eigenvalue weighted by molar-refractivity contribution is 7.92. The molecule has 14 heavy (non-hydrogen) atoms. The Morgan fingerprint density at radius 1 is 1.21 bits per heavy atom. The lowest BCUT2D eigenvalue weighted by Crippen LogP contribution is -2.42. The maximum atomic E-state index is 11.5. The fourth-order valence-electron chi connectivity index (χ4n) is 0.910. The summed E-state index contributed by atoms with van der Waals surface area (Å²) in [6, 6.07) is 7.46. The molecule has 6 heteroatoms. The van der Waals surface area contributed by atoms with E-state index < -0.39 is 21.1 Å². The van der Waals surface area contributed by atoms with Crippen molar-refractivity contribution in [2.24, 2.45) is 11.5 Å². The van der Waals surface area contributed by atoms with E-state index in [1.165, 1.54) is 12.1 Å². The van der Waals surface area contributed by atoms with Crippen LogP contribution in [0, 0.1) is 0 Å². The molecule has 1 atom stereocenters. The number of nitrogens with two attached hydrogens (primary N) is 2. The van der Waals surface area contributed by atoms with Crippen LogP contribution in [0.4, 0.5) is 0 Å². The lowest BCUT2D eigenvalue weighted by molar-refractivity contribution is -0.117. The minimum atomic E-state index is -3.83. The van der Waals surface area contributed by atoms with Crippen molar-refractivity contribution in [2.75, 3.05) is 0 Å². The monoisotopic (exact) mass is 214 g/mol. The number of benzene rings is 1. The second-order valence-electron chi connectivity index (χ2n) is 2.68. The van der Waals surface area contributed by atoms with Crippen LogP contribution in [0.15, 0.2) is 35.2 Å². The van der Waals surface area contributed by atoms with Crippen molar-refractivity contribution in [3.8, 4) is 0 Å². The Morgan fingerprint density at radius 2 is 1.71 bits per heavy atom. The smallest absolute Gasteiger partial charge is 0.250 e. The lowest BCUT2D eigenvalue weighted by atomic mass is 10.4. The molecule has 0 bridgehead atoms. The van der Waals surface area contributed by atoms with Crippen LogP contribution >= 0.6 is 0 Å². The molecular weight excluding hydrogens is 204 g/mol. The average Bonchev–Trinajstić information content (AvgIpc) is 2.18. The highest BCUT2D eigenvalue weighted by Gasteiger charge is 2.28. The van der Waals surface area contributed by atoms with Crippen molar-refractivity contribution in [3.05, 3.63) is 30.3 Å². The van der Waals surface area contributed by atoms with Crippen LogP contribution in [0.25, 0.3) is 0 Å². The first-order valence-corrected chi connectivity index (χ1v) is 5.34. The summed E-state index contributed by atoms with van der Waals surface area (Å²) in [6.45, 7) is 0. The molecule has 0 radical (unpaired) electrons. The van der Waals surface area contributed by atoms with E-state index in [-0.39, 0.29) is 4.90 Å². The van der Waals surface area contributed by atoms with Gasteiger partial charge in [0, 0.05) is 0 Å². The molecule has 0 aliphatic carbocycles. The fourth-order valence-corrected chi connectivity index (χ4v) is 2.05. The first kappa shape index (κ1) is 10.7. The van der Waals surface area contributed by atoms with Crippen LogP contribution in [-0.2, 0) is 14.6 Å². The second kappa shape index (κ2) is 3.77. The Kier molecular flexibility index (Phi) is 2.87. The summed E-state index contributed by atoms with van der Waals surface area (Å²) in [6.07, 6.45) is 0. The van der Waals surface area contributed by atoms with Gasteiger partial charge < -0.3 is 11.5 Å². The molecule has 0 aliphatic heterocycles. The van der Waals surface area contributed by atoms with Crippen LogP contribution in [-0.4, -0.2) is 19.7 Å². The summed E-state index contributed by atoms with van der Waals surface area (Å²) in [5, 5.41) is -1.69. The molecule has 0 heterocycles. The zero-order valence-corrected chi connectivity index (χ0v) is 8.07. The minimum Gasteiger partial charge on any atom is -0.367 e. The third-order valence-electron chi connectivity index (χ3n) is 1.69. The van der Waals surface area contributed by atoms with E-state index in [0.29, 0.717) is 0 Å². The van der Waals surface area contributed by atoms with Gasteiger partial charge in [0.05, 0.1) is 4.90 Å². The summed E-state index contributed by atoms with van der Waals surface area (Å²) < 4.78 is 23.1. The lowest BCUT2D eigenvalue weighted by Gasteiger charge is -2.08. The van der Waals surface area contributed by atoms with Gasteiger partial charge in [0.1, 0.15) is 0 Å². The summed E-state index contributed by atoms with van der Waals surface area (Å²) in [4.78, 5) is 10.6. The maximum Gasteiger partial charge on any atom is 0.250 e. The van der Waals surface area contributed by atoms with E-state index in [0.717, 1.165) is 0 Å². The van der Waals surface area contributed by atoms with Crippen molar-refractivity contribution >= 4 is 15.7 Å². The zero-order valence-electron chi connectivity index (χ0n) is 7.25. The van der Waals surface area contributed by atoms with Gasteiger partial charge in [-0.3, -0.25) is 4.79 Å². The maximum absolute atomic E-state index is 11.5. The molecular formula is C8H10N2O3S. The van der Waals surface area contributed by atoms with Crippen LogP contribution in [0.1, 0.15) is 0 Å². The zero-order chi connectivity index (χ0) is 10.8. The number of rotatable bonds is 3. The van der Waals surface area contributed by atoms with Crippen molar-refractivity contribution in [1.29, 1.82) is 0 Å². The molecule has 0 fully saturated rings. The predicted molar refractivity (Wildman–Crippen MR) is 50.8 cm³/mol. The number of carbonyl (C=O) groups is 1. The molecule has 0 saturated carbocycles. The Morgan fingerprint density at radius 3 is 2.14 bits per heavy atom. The molecule has 0 aliphatic rings. The molecule has 4 N–H and O–H groups in total. The topological polar surface area (TPSA) is 103 Å². The number of hydrogen-bond acceptors (Lipinski definition) is 4. The van der Waals surface area contributed by atoms with Crippen LogP contribution in [0.3, 0.4) is 0 Å². The van der Waals surface area contributed by atoms with Gasteiger partial charge >= 0.3 is 0 Å². The molecule has 0 aromatic heterocycles. The quantitative estimate of drug-likeness (QED) is 0.689. The van der Waals surface area contributed by atoms with E-state index in [9.17, 15) is 13.2 Å². The second-order valence-corrected chi connectivity index (χ2v) is 4.75. The highest BCUT2D eigenvalue weighted by Crippen LogP contribution is 2.12. The molecule has 0 spiro atoms. The van der Waals surface area contributed by atoms with Gasteiger partial charge in [-0.15, -0.1) is 0 Å². The van der Waals surface area contributed by atoms with E-state index in [2.05, 4.69) is 0 Å². The van der Waals surface area contributed by atoms with Gasteiger partial charge in [0.25, 0.3) is 0 Å². The van der Waals surface area contributed by atoms with Crippen LogP contribution < -0.4 is 11.5 Å². The Hall–Kier alpha value is -1.40. The van der Waals surface area contributed by atoms with Gasteiger partial charge in [-0.1, -0.05) is 18.2 Å². The third-order valence-corrected chi connectivity index (χ3v) is 3.52. The van der Waals surface area contributed by atoms with Gasteiger partial charge in [-0.2, -0.15) is 0 Å². The Labute approximate surface area is 81.6 Å². The third kappa shape index (κ3) is 1.91. The molecule has 1 unspecified atom stereocenters. The molecule has 1 aromatic rings. The molecule has 0 saturated heterocycles. The minimum absolute atomic E-state index is 0.00806. The van der Waals surface area contributed by atoms with Gasteiger partial charge in [0.15, 0.2) is 5.37 Å². The van der Waals surface area contributed by atoms with Crippen LogP contribution in [0.5, 0.6) is 0 Å². The van der Waals surface area contributed by atoms with E-state index in [1.54, 1.807) is 18.2 Å². The molecule has 1 amide bonds. The molecule has 76 valence electrons. The largest absolute Gasteiger partial charge is 0.367 e. The van der Waals surface area contributed by atoms with E-state index >= 15 is 0 Å². The molecule has 1 rings (SSSR count). The number of hydrogen-bond donors (Lipinski definition) is 2. The van der Waals surface area contributed by atoms with Crippen molar-refractivity contribution in [2.45, 2.75) is 10.3 Å². The Balaban J connectivity index is 3.16. The predicted octanol–water partition coefficient (Wildman–Crippen LogP) is -0.770. The standard InChI is InChI=1S/C8H10N2O3S/c9-7(11)8(10)14(12,13)6-4-2-1-3-5-6/h1-5,8H,10H2,(H2,9,11). The van der Waals surface area contributed by atoms with Gasteiger partial charge in [0.2, 0.25) is 15.7 Å². The SMILES string of the molecule is NC(=O)C(N)S(=O)(=O)c1ccccc1. The van der Waals surface area contributed by atoms with E-state index in [1.807, 2.05) is 0 Å². The number of carbonyl (C=O) groups excluding carboxylic acids is 1. The average molecular weight is 214 g/mol. The van der Waals surface area contributed by atoms with Crippen LogP contribution in [0.2, 0.25) is 0 Å². The van der Waals surface area contributed by atoms with Gasteiger partial charge in [-0.05, 0) is 12.1 Å². The summed E-state index contributed by atoms with van der Waals surface area (Å²) in [7, 11) is -3.83. The van der Waals surface area contributed by atoms with E-state index in [4.69, 9.17) is 11.5 Å². The number of primary amides is 1. The normalized spacial score (nSPS) is 13.5. The number of amides is 1. The number of sulfone groups is 1. The van der Waals surface area contributed by atoms with Crippen molar-refractivity contribution < 1.29 is 13.2 Å². The Bertz CT molecular complexity index is 427. The van der Waals surface area contributed by atoms with Crippen molar-refractivity contribution in [1.82, 2.24) is 0 Å². The summed E-state index contributed by atoms with van der Waals surface area (Å²) in [5.41, 5.74) is 9.98. The first-order valence-electron chi connectivity index (χ1n) is 3.80. The molecule has 5 nitrogen and oxygen atoms in total. The first-order chi connectivity index (χ1) is 6.46. The fraction of sp³-hybridized carbons (Fsp3) is 0.125. The highest BCUT2D eigenvalue weighted by atomic mass is 32.2. The summed E-state index contributed by atoms with van der Waals surface area (Å²) in [5.74, 6) is -1.06. The summed E-state index contributed by atoms with van der Waals surface area (Å²) >= 11 is 0. The van der Waals surface area contributed by atoms with Crippen molar-refractivity contribution in [3.63, 3.8) is 0 Å².